The molecule has 2 fully saturated rings. The summed E-state index contributed by atoms with van der Waals surface area (Å²) in [5.41, 5.74) is 1.38. The van der Waals surface area contributed by atoms with Gasteiger partial charge in [-0.3, -0.25) is 0 Å². The van der Waals surface area contributed by atoms with Crippen LogP contribution in [0.5, 0.6) is 0 Å². The molecule has 1 aliphatic carbocycles. The number of nitrogens with one attached hydrogen (secondary N) is 1. The minimum Gasteiger partial charge on any atom is -0.351 e. The zero-order valence-corrected chi connectivity index (χ0v) is 12.5. The molecule has 0 unspecified atom stereocenters. The Morgan fingerprint density at radius 2 is 2.26 bits per heavy atom. The molecule has 1 aromatic heterocycles. The van der Waals surface area contributed by atoms with Gasteiger partial charge in [0.1, 0.15) is 5.82 Å². The highest BCUT2D eigenvalue weighted by Gasteiger charge is 2.33. The molecule has 0 radical (unpaired) electrons. The Balaban J connectivity index is 1.79. The number of rotatable bonds is 4. The van der Waals surface area contributed by atoms with Crippen molar-refractivity contribution in [2.45, 2.75) is 57.7 Å². The minimum atomic E-state index is 0.210. The molecule has 2 heterocycles. The lowest BCUT2D eigenvalue weighted by Gasteiger charge is -2.33. The van der Waals surface area contributed by atoms with Gasteiger partial charge in [-0.2, -0.15) is 0 Å². The predicted octanol–water partition coefficient (Wildman–Crippen LogP) is 3.37. The summed E-state index contributed by atoms with van der Waals surface area (Å²) in [5, 5.41) is 4.29. The number of pyridine rings is 1. The lowest BCUT2D eigenvalue weighted by molar-refractivity contribution is 0.514. The smallest absolute Gasteiger partial charge is 0.129 e. The molecule has 0 bridgehead atoms. The molecule has 104 valence electrons. The van der Waals surface area contributed by atoms with Crippen molar-refractivity contribution in [2.24, 2.45) is 0 Å². The van der Waals surface area contributed by atoms with Crippen molar-refractivity contribution in [2.75, 3.05) is 11.4 Å². The fourth-order valence-corrected chi connectivity index (χ4v) is 2.99. The zero-order chi connectivity index (χ0) is 13.5. The summed E-state index contributed by atoms with van der Waals surface area (Å²) in [6.45, 7) is 6.53. The van der Waals surface area contributed by atoms with Gasteiger partial charge < -0.3 is 10.2 Å². The Hall–Kier alpha value is -0.800. The standard InChI is InChI=1S/C15H22ClN3/c1-15(2)6-3-7-19(15)14-8-11(13(16)10-18-14)9-17-12-4-5-12/h8,10,12,17H,3-7,9H2,1-2H3. The van der Waals surface area contributed by atoms with Gasteiger partial charge in [0, 0.05) is 30.9 Å². The van der Waals surface area contributed by atoms with Crippen LogP contribution in [0.4, 0.5) is 5.82 Å². The number of halogens is 1. The Bertz CT molecular complexity index is 468. The highest BCUT2D eigenvalue weighted by Crippen LogP contribution is 2.33. The van der Waals surface area contributed by atoms with Gasteiger partial charge in [0.05, 0.1) is 5.02 Å². The van der Waals surface area contributed by atoms with Crippen LogP contribution in [0.1, 0.15) is 45.1 Å². The van der Waals surface area contributed by atoms with Gasteiger partial charge >= 0.3 is 0 Å². The molecule has 3 nitrogen and oxygen atoms in total. The molecule has 0 aromatic carbocycles. The van der Waals surface area contributed by atoms with Crippen molar-refractivity contribution in [1.82, 2.24) is 10.3 Å². The first-order chi connectivity index (χ1) is 9.06. The highest BCUT2D eigenvalue weighted by atomic mass is 35.5. The van der Waals surface area contributed by atoms with E-state index in [0.717, 1.165) is 23.9 Å². The van der Waals surface area contributed by atoms with Crippen LogP contribution < -0.4 is 10.2 Å². The summed E-state index contributed by atoms with van der Waals surface area (Å²) in [7, 11) is 0. The van der Waals surface area contributed by atoms with E-state index >= 15 is 0 Å². The molecule has 2 aliphatic rings. The van der Waals surface area contributed by atoms with Crippen LogP contribution in [0, 0.1) is 0 Å². The van der Waals surface area contributed by atoms with Crippen molar-refractivity contribution >= 4 is 17.4 Å². The quantitative estimate of drug-likeness (QED) is 0.916. The summed E-state index contributed by atoms with van der Waals surface area (Å²) in [6, 6.07) is 2.86. The zero-order valence-electron chi connectivity index (χ0n) is 11.7. The number of nitrogens with zero attached hydrogens (tertiary/aromatic N) is 2. The van der Waals surface area contributed by atoms with Gasteiger partial charge in [-0.25, -0.2) is 4.98 Å². The molecule has 1 N–H and O–H groups in total. The fourth-order valence-electron chi connectivity index (χ4n) is 2.82. The second-order valence-electron chi connectivity index (χ2n) is 6.36. The number of aromatic nitrogens is 1. The van der Waals surface area contributed by atoms with Crippen LogP contribution in [0.25, 0.3) is 0 Å². The first-order valence-corrected chi connectivity index (χ1v) is 7.59. The van der Waals surface area contributed by atoms with Gasteiger partial charge in [0.15, 0.2) is 0 Å². The van der Waals surface area contributed by atoms with E-state index in [2.05, 4.69) is 35.1 Å². The highest BCUT2D eigenvalue weighted by molar-refractivity contribution is 6.31. The molecule has 1 aliphatic heterocycles. The van der Waals surface area contributed by atoms with Crippen molar-refractivity contribution in [3.8, 4) is 0 Å². The van der Waals surface area contributed by atoms with Crippen molar-refractivity contribution < 1.29 is 0 Å². The van der Waals surface area contributed by atoms with Crippen LogP contribution in [0.3, 0.4) is 0 Å². The van der Waals surface area contributed by atoms with Crippen LogP contribution in [-0.4, -0.2) is 23.1 Å². The molecule has 1 aromatic rings. The Kier molecular flexibility index (Phi) is 3.44. The lowest BCUT2D eigenvalue weighted by atomic mass is 10.0. The maximum atomic E-state index is 6.26. The molecule has 0 atom stereocenters. The van der Waals surface area contributed by atoms with Crippen molar-refractivity contribution in [1.29, 1.82) is 0 Å². The molecule has 19 heavy (non-hydrogen) atoms. The largest absolute Gasteiger partial charge is 0.351 e. The van der Waals surface area contributed by atoms with E-state index in [1.54, 1.807) is 6.20 Å². The number of hydrogen-bond donors (Lipinski definition) is 1. The van der Waals surface area contributed by atoms with E-state index in [-0.39, 0.29) is 5.54 Å². The SMILES string of the molecule is CC1(C)CCCN1c1cc(CNC2CC2)c(Cl)cn1. The molecule has 1 saturated heterocycles. The Morgan fingerprint density at radius 1 is 1.47 bits per heavy atom. The average Bonchev–Trinajstić information content (AvgIpc) is 3.12. The topological polar surface area (TPSA) is 28.2 Å². The van der Waals surface area contributed by atoms with Crippen LogP contribution in [0.2, 0.25) is 5.02 Å². The Labute approximate surface area is 120 Å². The third-order valence-corrected chi connectivity index (χ3v) is 4.60. The van der Waals surface area contributed by atoms with Gasteiger partial charge in [-0.15, -0.1) is 0 Å². The summed E-state index contributed by atoms with van der Waals surface area (Å²) >= 11 is 6.26. The summed E-state index contributed by atoms with van der Waals surface area (Å²) < 4.78 is 0. The van der Waals surface area contributed by atoms with Crippen molar-refractivity contribution in [3.63, 3.8) is 0 Å². The van der Waals surface area contributed by atoms with Gasteiger partial charge in [0.2, 0.25) is 0 Å². The fraction of sp³-hybridized carbons (Fsp3) is 0.667. The van der Waals surface area contributed by atoms with Gasteiger partial charge in [-0.05, 0) is 51.2 Å². The van der Waals surface area contributed by atoms with E-state index < -0.39 is 0 Å². The Morgan fingerprint density at radius 3 is 2.89 bits per heavy atom. The summed E-state index contributed by atoms with van der Waals surface area (Å²) in [4.78, 5) is 6.93. The first-order valence-electron chi connectivity index (χ1n) is 7.22. The predicted molar refractivity (Wildman–Crippen MR) is 79.8 cm³/mol. The lowest BCUT2D eigenvalue weighted by Crippen LogP contribution is -2.38. The third-order valence-electron chi connectivity index (χ3n) is 4.26. The van der Waals surface area contributed by atoms with E-state index in [1.165, 1.54) is 31.2 Å². The van der Waals surface area contributed by atoms with E-state index in [1.807, 2.05) is 0 Å². The monoisotopic (exact) mass is 279 g/mol. The first kappa shape index (κ1) is 13.2. The van der Waals surface area contributed by atoms with Crippen LogP contribution in [-0.2, 0) is 6.54 Å². The molecule has 3 rings (SSSR count). The average molecular weight is 280 g/mol. The summed E-state index contributed by atoms with van der Waals surface area (Å²) in [6.07, 6.45) is 6.87. The number of anilines is 1. The molecule has 0 spiro atoms. The maximum Gasteiger partial charge on any atom is 0.129 e. The van der Waals surface area contributed by atoms with E-state index in [9.17, 15) is 0 Å². The van der Waals surface area contributed by atoms with Crippen LogP contribution in [0.15, 0.2) is 12.3 Å². The second kappa shape index (κ2) is 4.95. The van der Waals surface area contributed by atoms with E-state index in [4.69, 9.17) is 11.6 Å². The molecule has 1 saturated carbocycles. The second-order valence-corrected chi connectivity index (χ2v) is 6.76. The van der Waals surface area contributed by atoms with Crippen LogP contribution >= 0.6 is 11.6 Å². The van der Waals surface area contributed by atoms with Crippen molar-refractivity contribution in [3.05, 3.63) is 22.8 Å². The molecular weight excluding hydrogens is 258 g/mol. The molecular formula is C15H22ClN3. The van der Waals surface area contributed by atoms with E-state index in [0.29, 0.717) is 6.04 Å². The molecule has 0 amide bonds. The number of hydrogen-bond acceptors (Lipinski definition) is 3. The van der Waals surface area contributed by atoms with Gasteiger partial charge in [0.25, 0.3) is 0 Å². The summed E-state index contributed by atoms with van der Waals surface area (Å²) in [5.74, 6) is 1.07. The van der Waals surface area contributed by atoms with Gasteiger partial charge in [-0.1, -0.05) is 11.6 Å². The molecule has 4 heteroatoms. The minimum absolute atomic E-state index is 0.210. The normalized spacial score (nSPS) is 21.9. The maximum absolute atomic E-state index is 6.26. The third kappa shape index (κ3) is 2.87.